The van der Waals surface area contributed by atoms with E-state index in [2.05, 4.69) is 25.5 Å². The van der Waals surface area contributed by atoms with Crippen LogP contribution in [0.4, 0.5) is 23.4 Å². The number of rotatable bonds is 6. The molecule has 1 unspecified atom stereocenters. The molecule has 1 atom stereocenters. The summed E-state index contributed by atoms with van der Waals surface area (Å²) in [5.74, 6) is 0.116. The minimum atomic E-state index is -4.82. The van der Waals surface area contributed by atoms with E-state index in [9.17, 15) is 22.7 Å². The van der Waals surface area contributed by atoms with E-state index in [0.717, 1.165) is 25.5 Å². The molecule has 1 saturated carbocycles. The number of anilines is 1. The summed E-state index contributed by atoms with van der Waals surface area (Å²) in [6, 6.07) is 6.16. The summed E-state index contributed by atoms with van der Waals surface area (Å²) in [5.41, 5.74) is -2.67. The molecule has 0 aliphatic heterocycles. The maximum Gasteiger partial charge on any atom is 0.422 e. The lowest BCUT2D eigenvalue weighted by atomic mass is 9.66. The Hall–Kier alpha value is -2.66. The van der Waals surface area contributed by atoms with Gasteiger partial charge >= 0.3 is 6.18 Å². The fourth-order valence-corrected chi connectivity index (χ4v) is 4.38. The van der Waals surface area contributed by atoms with Crippen LogP contribution in [0.2, 0.25) is 0 Å². The summed E-state index contributed by atoms with van der Waals surface area (Å²) in [5, 5.41) is 21.2. The molecule has 6 nitrogen and oxygen atoms in total. The number of aromatic nitrogens is 4. The van der Waals surface area contributed by atoms with Crippen LogP contribution in [0.1, 0.15) is 36.8 Å². The van der Waals surface area contributed by atoms with Crippen molar-refractivity contribution in [1.82, 2.24) is 20.2 Å². The van der Waals surface area contributed by atoms with Gasteiger partial charge in [0.25, 0.3) is 0 Å². The lowest BCUT2D eigenvalue weighted by molar-refractivity contribution is -0.257. The van der Waals surface area contributed by atoms with E-state index in [1.54, 1.807) is 24.4 Å². The van der Waals surface area contributed by atoms with Gasteiger partial charge in [-0.3, -0.25) is 4.98 Å². The van der Waals surface area contributed by atoms with Crippen molar-refractivity contribution in [1.29, 1.82) is 0 Å². The number of hydrogen-bond donors (Lipinski definition) is 2. The maximum atomic E-state index is 14.2. The molecule has 3 aromatic rings. The van der Waals surface area contributed by atoms with E-state index in [4.69, 9.17) is 0 Å². The average molecular weight is 453 g/mol. The second-order valence-corrected chi connectivity index (χ2v) is 8.76. The van der Waals surface area contributed by atoms with Crippen molar-refractivity contribution in [3.63, 3.8) is 0 Å². The van der Waals surface area contributed by atoms with Gasteiger partial charge < -0.3 is 10.4 Å². The van der Waals surface area contributed by atoms with Crippen LogP contribution in [0.3, 0.4) is 0 Å². The number of hydrogen-bond acceptors (Lipinski definition) is 7. The largest absolute Gasteiger partial charge is 0.422 e. The first kappa shape index (κ1) is 21.6. The van der Waals surface area contributed by atoms with Crippen molar-refractivity contribution in [3.8, 4) is 10.7 Å². The van der Waals surface area contributed by atoms with Gasteiger partial charge in [-0.2, -0.15) is 13.2 Å². The van der Waals surface area contributed by atoms with Gasteiger partial charge in [0.15, 0.2) is 5.60 Å². The normalized spacial score (nSPS) is 17.6. The van der Waals surface area contributed by atoms with Gasteiger partial charge in [0.05, 0.1) is 10.6 Å². The summed E-state index contributed by atoms with van der Waals surface area (Å²) in [6.45, 7) is 1.12. The highest BCUT2D eigenvalue weighted by atomic mass is 32.1. The van der Waals surface area contributed by atoms with E-state index in [1.807, 2.05) is 0 Å². The monoisotopic (exact) mass is 453 g/mol. The zero-order chi connectivity index (χ0) is 22.3. The molecule has 0 bridgehead atoms. The minimum Gasteiger partial charge on any atom is -0.376 e. The summed E-state index contributed by atoms with van der Waals surface area (Å²) >= 11 is 0.701. The number of alkyl halides is 3. The molecule has 1 aliphatic carbocycles. The van der Waals surface area contributed by atoms with Crippen molar-refractivity contribution in [2.45, 2.75) is 43.4 Å². The Balaban J connectivity index is 1.47. The molecule has 31 heavy (non-hydrogen) atoms. The quantitative estimate of drug-likeness (QED) is 0.537. The third-order valence-corrected chi connectivity index (χ3v) is 6.83. The van der Waals surface area contributed by atoms with Crippen LogP contribution in [0, 0.1) is 5.82 Å². The second kappa shape index (κ2) is 7.79. The summed E-state index contributed by atoms with van der Waals surface area (Å²) < 4.78 is 53.3. The second-order valence-electron chi connectivity index (χ2n) is 7.72. The van der Waals surface area contributed by atoms with Gasteiger partial charge in [0, 0.05) is 24.4 Å². The van der Waals surface area contributed by atoms with Crippen LogP contribution in [-0.4, -0.2) is 38.0 Å². The molecule has 0 radical (unpaired) electrons. The zero-order valence-electron chi connectivity index (χ0n) is 16.4. The predicted octanol–water partition coefficient (Wildman–Crippen LogP) is 4.44. The smallest absolute Gasteiger partial charge is 0.376 e. The Morgan fingerprint density at radius 3 is 2.52 bits per heavy atom. The molecule has 0 spiro atoms. The standard InChI is InChI=1S/C20H19F4N5OS/c1-18(30,20(22,23)24)14-10-26-17(31-14)13-5-6-15(29-28-13)27-11-19(7-3-8-19)16-12(21)4-2-9-25-16/h2,4-6,9-10,30H,3,7-8,11H2,1H3,(H,27,29). The fraction of sp³-hybridized carbons (Fsp3) is 0.400. The molecule has 164 valence electrons. The molecule has 3 aromatic heterocycles. The molecule has 0 saturated heterocycles. The first-order chi connectivity index (χ1) is 14.6. The highest BCUT2D eigenvalue weighted by Gasteiger charge is 2.52. The third kappa shape index (κ3) is 3.99. The lowest BCUT2D eigenvalue weighted by Gasteiger charge is -2.41. The Labute approximate surface area is 179 Å². The number of thiazole rings is 1. The fourth-order valence-electron chi connectivity index (χ4n) is 3.43. The summed E-state index contributed by atoms with van der Waals surface area (Å²) in [6.07, 6.45) is 0.340. The van der Waals surface area contributed by atoms with Gasteiger partial charge in [0.2, 0.25) is 0 Å². The van der Waals surface area contributed by atoms with Gasteiger partial charge in [-0.15, -0.1) is 21.5 Å². The highest BCUT2D eigenvalue weighted by Crippen LogP contribution is 2.44. The molecular formula is C20H19F4N5OS. The molecule has 2 N–H and O–H groups in total. The number of nitrogens with zero attached hydrogens (tertiary/aromatic N) is 4. The molecule has 1 fully saturated rings. The third-order valence-electron chi connectivity index (χ3n) is 5.60. The topological polar surface area (TPSA) is 83.8 Å². The van der Waals surface area contributed by atoms with Gasteiger partial charge in [-0.25, -0.2) is 9.37 Å². The van der Waals surface area contributed by atoms with Crippen LogP contribution in [0.25, 0.3) is 10.7 Å². The summed E-state index contributed by atoms with van der Waals surface area (Å²) in [7, 11) is 0. The van der Waals surface area contributed by atoms with Crippen molar-refractivity contribution < 1.29 is 22.7 Å². The van der Waals surface area contributed by atoms with E-state index in [-0.39, 0.29) is 21.4 Å². The highest BCUT2D eigenvalue weighted by molar-refractivity contribution is 7.15. The maximum absolute atomic E-state index is 14.2. The molecule has 3 heterocycles. The molecule has 1 aliphatic rings. The number of aliphatic hydroxyl groups is 1. The van der Waals surface area contributed by atoms with Crippen molar-refractivity contribution in [2.75, 3.05) is 11.9 Å². The zero-order valence-corrected chi connectivity index (χ0v) is 17.3. The first-order valence-corrected chi connectivity index (χ1v) is 10.4. The SMILES string of the molecule is CC(O)(c1cnc(-c2ccc(NCC3(c4ncccc4F)CCC3)nn2)s1)C(F)(F)F. The minimum absolute atomic E-state index is 0.213. The lowest BCUT2D eigenvalue weighted by Crippen LogP contribution is -2.42. The predicted molar refractivity (Wildman–Crippen MR) is 107 cm³/mol. The van der Waals surface area contributed by atoms with E-state index < -0.39 is 17.2 Å². The summed E-state index contributed by atoms with van der Waals surface area (Å²) in [4.78, 5) is 7.83. The molecule has 11 heteroatoms. The van der Waals surface area contributed by atoms with Crippen molar-refractivity contribution >= 4 is 17.2 Å². The Morgan fingerprint density at radius 2 is 1.94 bits per heavy atom. The van der Waals surface area contributed by atoms with Crippen molar-refractivity contribution in [2.24, 2.45) is 0 Å². The van der Waals surface area contributed by atoms with Crippen LogP contribution in [-0.2, 0) is 11.0 Å². The average Bonchev–Trinajstić information content (AvgIpc) is 3.19. The van der Waals surface area contributed by atoms with Crippen LogP contribution >= 0.6 is 11.3 Å². The number of pyridine rings is 1. The van der Waals surface area contributed by atoms with E-state index in [0.29, 0.717) is 36.3 Å². The van der Waals surface area contributed by atoms with E-state index in [1.165, 1.54) is 6.07 Å². The van der Waals surface area contributed by atoms with Gasteiger partial charge in [0.1, 0.15) is 22.3 Å². The van der Waals surface area contributed by atoms with Gasteiger partial charge in [-0.1, -0.05) is 6.42 Å². The first-order valence-electron chi connectivity index (χ1n) is 9.57. The van der Waals surface area contributed by atoms with Crippen molar-refractivity contribution in [3.05, 3.63) is 53.0 Å². The van der Waals surface area contributed by atoms with Crippen LogP contribution < -0.4 is 5.32 Å². The van der Waals surface area contributed by atoms with Crippen LogP contribution in [0.15, 0.2) is 36.7 Å². The molecular weight excluding hydrogens is 434 g/mol. The van der Waals surface area contributed by atoms with Crippen LogP contribution in [0.5, 0.6) is 0 Å². The molecule has 0 amide bonds. The van der Waals surface area contributed by atoms with E-state index >= 15 is 0 Å². The molecule has 0 aromatic carbocycles. The molecule has 4 rings (SSSR count). The number of halogens is 4. The van der Waals surface area contributed by atoms with Gasteiger partial charge in [-0.05, 0) is 44.0 Å². The Morgan fingerprint density at radius 1 is 1.16 bits per heavy atom. The Kier molecular flexibility index (Phi) is 5.42. The number of nitrogens with one attached hydrogen (secondary N) is 1. The Bertz CT molecular complexity index is 1060.